The average molecular weight is 214 g/mol. The molecule has 0 fully saturated rings. The molecule has 0 radical (unpaired) electrons. The Morgan fingerprint density at radius 3 is 1.20 bits per heavy atom. The zero-order valence-corrected chi connectivity index (χ0v) is 9.46. The summed E-state index contributed by atoms with van der Waals surface area (Å²) in [5.41, 5.74) is 5.38. The van der Waals surface area contributed by atoms with Gasteiger partial charge >= 0.3 is 0 Å². The molecule has 0 amide bonds. The Hall–Kier alpha value is 0.163. The van der Waals surface area contributed by atoms with Crippen LogP contribution in [0.15, 0.2) is 0 Å². The molecule has 10 heavy (non-hydrogen) atoms. The van der Waals surface area contributed by atoms with Crippen molar-refractivity contribution in [2.75, 3.05) is 0 Å². The smallest absolute Gasteiger partial charge is 0.0150 e. The molecule has 0 spiro atoms. The second-order valence-corrected chi connectivity index (χ2v) is 2.62. The number of aromatic amines is 1. The van der Waals surface area contributed by atoms with E-state index in [-0.39, 0.29) is 26.2 Å². The van der Waals surface area contributed by atoms with Crippen LogP contribution in [0, 0.1) is 27.7 Å². The molecule has 0 saturated carbocycles. The Morgan fingerprint density at radius 1 is 0.800 bits per heavy atom. The van der Waals surface area contributed by atoms with Crippen molar-refractivity contribution in [1.82, 2.24) is 4.98 Å². The molecular weight excluding hydrogens is 201 g/mol. The predicted octanol–water partition coefficient (Wildman–Crippen LogP) is 2.25. The molecule has 0 aromatic carbocycles. The van der Waals surface area contributed by atoms with E-state index in [0.29, 0.717) is 0 Å². The van der Waals surface area contributed by atoms with Gasteiger partial charge in [0.15, 0.2) is 0 Å². The van der Waals surface area contributed by atoms with Gasteiger partial charge in [0.05, 0.1) is 0 Å². The molecule has 1 heterocycles. The van der Waals surface area contributed by atoms with Gasteiger partial charge in [-0.2, -0.15) is 0 Å². The summed E-state index contributed by atoms with van der Waals surface area (Å²) in [6.07, 6.45) is 0. The first-order chi connectivity index (χ1) is 4.13. The molecule has 0 aliphatic carbocycles. The largest absolute Gasteiger partial charge is 0.362 e. The van der Waals surface area contributed by atoms with Gasteiger partial charge in [-0.15, -0.1) is 0 Å². The second-order valence-electron chi connectivity index (χ2n) is 2.62. The van der Waals surface area contributed by atoms with Crippen LogP contribution in [-0.4, -0.2) is 4.98 Å². The van der Waals surface area contributed by atoms with Crippen molar-refractivity contribution in [3.63, 3.8) is 0 Å². The topological polar surface area (TPSA) is 15.8 Å². The molecule has 1 aromatic rings. The van der Waals surface area contributed by atoms with E-state index in [1.54, 1.807) is 0 Å². The fourth-order valence-electron chi connectivity index (χ4n) is 1.03. The zero-order chi connectivity index (χ0) is 7.02. The molecule has 1 aromatic heterocycles. The SMILES string of the molecule is Cc1[nH]c(C)c(C)c1C.[Zr]. The molecule has 2 heteroatoms. The number of hydrogen-bond acceptors (Lipinski definition) is 0. The molecule has 1 rings (SSSR count). The van der Waals surface area contributed by atoms with E-state index in [9.17, 15) is 0 Å². The van der Waals surface area contributed by atoms with Crippen LogP contribution in [-0.2, 0) is 26.2 Å². The first-order valence-corrected chi connectivity index (χ1v) is 3.25. The van der Waals surface area contributed by atoms with Crippen molar-refractivity contribution in [2.24, 2.45) is 0 Å². The van der Waals surface area contributed by atoms with Gasteiger partial charge in [0, 0.05) is 37.6 Å². The van der Waals surface area contributed by atoms with Gasteiger partial charge in [-0.25, -0.2) is 0 Å². The van der Waals surface area contributed by atoms with E-state index in [1.807, 2.05) is 0 Å². The molecule has 0 aliphatic rings. The van der Waals surface area contributed by atoms with E-state index in [4.69, 9.17) is 0 Å². The van der Waals surface area contributed by atoms with Crippen molar-refractivity contribution in [3.8, 4) is 0 Å². The van der Waals surface area contributed by atoms with Gasteiger partial charge < -0.3 is 4.98 Å². The number of H-pyrrole nitrogens is 1. The fraction of sp³-hybridized carbons (Fsp3) is 0.500. The summed E-state index contributed by atoms with van der Waals surface area (Å²) in [4.78, 5) is 3.28. The minimum absolute atomic E-state index is 0. The second kappa shape index (κ2) is 3.52. The Labute approximate surface area is 81.3 Å². The molecule has 0 unspecified atom stereocenters. The van der Waals surface area contributed by atoms with E-state index < -0.39 is 0 Å². The van der Waals surface area contributed by atoms with E-state index in [2.05, 4.69) is 32.7 Å². The molecular formula is C8H13NZr. The fourth-order valence-corrected chi connectivity index (χ4v) is 1.03. The molecule has 54 valence electrons. The van der Waals surface area contributed by atoms with Crippen LogP contribution in [0.5, 0.6) is 0 Å². The Kier molecular flexibility index (Phi) is 3.58. The number of nitrogens with one attached hydrogen (secondary N) is 1. The number of aromatic nitrogens is 1. The molecule has 0 aliphatic heterocycles. The third-order valence-corrected chi connectivity index (χ3v) is 2.06. The summed E-state index contributed by atoms with van der Waals surface area (Å²) in [6, 6.07) is 0. The molecule has 1 N–H and O–H groups in total. The third-order valence-electron chi connectivity index (χ3n) is 2.06. The number of aryl methyl sites for hydroxylation is 2. The first-order valence-electron chi connectivity index (χ1n) is 3.25. The van der Waals surface area contributed by atoms with Crippen molar-refractivity contribution in [1.29, 1.82) is 0 Å². The van der Waals surface area contributed by atoms with Crippen LogP contribution in [0.2, 0.25) is 0 Å². The predicted molar refractivity (Wildman–Crippen MR) is 39.7 cm³/mol. The molecule has 1 nitrogen and oxygen atoms in total. The summed E-state index contributed by atoms with van der Waals surface area (Å²) in [6.45, 7) is 8.51. The first kappa shape index (κ1) is 10.2. The van der Waals surface area contributed by atoms with Gasteiger partial charge in [0.1, 0.15) is 0 Å². The van der Waals surface area contributed by atoms with Gasteiger partial charge in [-0.05, 0) is 38.8 Å². The summed E-state index contributed by atoms with van der Waals surface area (Å²) in [5.74, 6) is 0. The van der Waals surface area contributed by atoms with Gasteiger partial charge in [-0.1, -0.05) is 0 Å². The average Bonchev–Trinajstić information content (AvgIpc) is 1.98. The minimum atomic E-state index is 0. The molecule has 0 bridgehead atoms. The third kappa shape index (κ3) is 1.60. The maximum absolute atomic E-state index is 3.28. The van der Waals surface area contributed by atoms with Crippen LogP contribution in [0.3, 0.4) is 0 Å². The van der Waals surface area contributed by atoms with Crippen LogP contribution in [0.4, 0.5) is 0 Å². The monoisotopic (exact) mass is 213 g/mol. The summed E-state index contributed by atoms with van der Waals surface area (Å²) in [7, 11) is 0. The van der Waals surface area contributed by atoms with Crippen LogP contribution < -0.4 is 0 Å². The standard InChI is InChI=1S/C8H13N.Zr/c1-5-6(2)8(4)9-7(5)3;/h9H,1-4H3;. The summed E-state index contributed by atoms with van der Waals surface area (Å²) in [5, 5.41) is 0. The van der Waals surface area contributed by atoms with Crippen molar-refractivity contribution >= 4 is 0 Å². The minimum Gasteiger partial charge on any atom is -0.362 e. The van der Waals surface area contributed by atoms with Crippen LogP contribution >= 0.6 is 0 Å². The van der Waals surface area contributed by atoms with Gasteiger partial charge in [-0.3, -0.25) is 0 Å². The zero-order valence-electron chi connectivity index (χ0n) is 7.00. The Bertz CT molecular complexity index is 203. The van der Waals surface area contributed by atoms with E-state index >= 15 is 0 Å². The number of hydrogen-bond donors (Lipinski definition) is 1. The summed E-state index contributed by atoms with van der Waals surface area (Å²) < 4.78 is 0. The van der Waals surface area contributed by atoms with Crippen molar-refractivity contribution in [2.45, 2.75) is 27.7 Å². The van der Waals surface area contributed by atoms with Crippen LogP contribution in [0.25, 0.3) is 0 Å². The van der Waals surface area contributed by atoms with E-state index in [0.717, 1.165) is 0 Å². The number of rotatable bonds is 0. The normalized spacial score (nSPS) is 9.20. The van der Waals surface area contributed by atoms with E-state index in [1.165, 1.54) is 22.5 Å². The molecule has 0 saturated heterocycles. The Balaban J connectivity index is 0.000000810. The van der Waals surface area contributed by atoms with Crippen LogP contribution in [0.1, 0.15) is 22.5 Å². The Morgan fingerprint density at radius 2 is 1.10 bits per heavy atom. The molecule has 0 atom stereocenters. The summed E-state index contributed by atoms with van der Waals surface area (Å²) >= 11 is 0. The van der Waals surface area contributed by atoms with Gasteiger partial charge in [0.25, 0.3) is 0 Å². The van der Waals surface area contributed by atoms with Crippen molar-refractivity contribution < 1.29 is 26.2 Å². The van der Waals surface area contributed by atoms with Crippen molar-refractivity contribution in [3.05, 3.63) is 22.5 Å². The maximum atomic E-state index is 3.28. The van der Waals surface area contributed by atoms with Gasteiger partial charge in [0.2, 0.25) is 0 Å². The maximum Gasteiger partial charge on any atom is 0.0150 e. The quantitative estimate of drug-likeness (QED) is 0.682.